The fraction of sp³-hybridized carbons (Fsp3) is 0.273. The smallest absolute Gasteiger partial charge is 0.339 e. The van der Waals surface area contributed by atoms with Crippen molar-refractivity contribution < 1.29 is 14.3 Å². The maximum atomic E-state index is 13.0. The molecule has 0 spiro atoms. The van der Waals surface area contributed by atoms with Crippen LogP contribution in [0.5, 0.6) is 0 Å². The Kier molecular flexibility index (Phi) is 5.58. The molecule has 0 fully saturated rings. The molecule has 29 heavy (non-hydrogen) atoms. The van der Waals surface area contributed by atoms with Gasteiger partial charge in [-0.15, -0.1) is 0 Å². The number of ether oxygens (including phenoxy) is 1. The second-order valence-corrected chi connectivity index (χ2v) is 8.18. The first-order chi connectivity index (χ1) is 14.0. The highest BCUT2D eigenvalue weighted by Gasteiger charge is 2.26. The fourth-order valence-electron chi connectivity index (χ4n) is 3.63. The zero-order valence-electron chi connectivity index (χ0n) is 15.9. The molecule has 7 heteroatoms. The van der Waals surface area contributed by atoms with Crippen LogP contribution in [0.25, 0.3) is 10.9 Å². The van der Waals surface area contributed by atoms with Gasteiger partial charge in [-0.05, 0) is 64.9 Å². The van der Waals surface area contributed by atoms with Gasteiger partial charge in [-0.25, -0.2) is 9.78 Å². The topological polar surface area (TPSA) is 81.2 Å². The highest BCUT2D eigenvalue weighted by atomic mass is 79.9. The number of para-hydroxylation sites is 1. The summed E-state index contributed by atoms with van der Waals surface area (Å²) in [5.41, 5.74) is 3.21. The van der Waals surface area contributed by atoms with Crippen LogP contribution >= 0.6 is 15.9 Å². The number of pyridine rings is 2. The van der Waals surface area contributed by atoms with Gasteiger partial charge in [-0.1, -0.05) is 25.1 Å². The Bertz CT molecular complexity index is 1080. The second kappa shape index (κ2) is 8.29. The van der Waals surface area contributed by atoms with Gasteiger partial charge in [0.1, 0.15) is 5.82 Å². The van der Waals surface area contributed by atoms with E-state index in [0.717, 1.165) is 45.9 Å². The number of aryl methyl sites for hydroxylation is 1. The van der Waals surface area contributed by atoms with Crippen LogP contribution in [0, 0.1) is 5.92 Å². The second-order valence-electron chi connectivity index (χ2n) is 7.26. The standard InChI is InChI=1S/C22H20BrN3O3/c1-13-6-8-18-16(10-13)21(15-4-2-3-5-17(15)25-18)22(28)29-12-20(27)26-19-9-7-14(23)11-24-19/h2-5,7,9,11,13H,6,8,10,12H2,1H3,(H,24,26,27). The Morgan fingerprint density at radius 3 is 2.86 bits per heavy atom. The quantitative estimate of drug-likeness (QED) is 0.595. The first-order valence-electron chi connectivity index (χ1n) is 9.50. The van der Waals surface area contributed by atoms with E-state index in [2.05, 4.69) is 33.2 Å². The van der Waals surface area contributed by atoms with Crippen molar-refractivity contribution in [2.24, 2.45) is 5.92 Å². The van der Waals surface area contributed by atoms with Gasteiger partial charge in [-0.2, -0.15) is 0 Å². The van der Waals surface area contributed by atoms with E-state index >= 15 is 0 Å². The minimum absolute atomic E-state index is 0.377. The van der Waals surface area contributed by atoms with Gasteiger partial charge in [0.15, 0.2) is 6.61 Å². The van der Waals surface area contributed by atoms with Crippen LogP contribution in [0.4, 0.5) is 5.82 Å². The van der Waals surface area contributed by atoms with Gasteiger partial charge < -0.3 is 10.1 Å². The predicted octanol–water partition coefficient (Wildman–Crippen LogP) is 4.31. The summed E-state index contributed by atoms with van der Waals surface area (Å²) in [5, 5.41) is 3.39. The maximum absolute atomic E-state index is 13.0. The summed E-state index contributed by atoms with van der Waals surface area (Å²) in [6, 6.07) is 11.0. The van der Waals surface area contributed by atoms with Crippen LogP contribution in [0.2, 0.25) is 0 Å². The van der Waals surface area contributed by atoms with Crippen LogP contribution in [-0.2, 0) is 22.4 Å². The summed E-state index contributed by atoms with van der Waals surface area (Å²) in [7, 11) is 0. The van der Waals surface area contributed by atoms with E-state index in [0.29, 0.717) is 17.3 Å². The Balaban J connectivity index is 1.55. The summed E-state index contributed by atoms with van der Waals surface area (Å²) >= 11 is 3.29. The fourth-order valence-corrected chi connectivity index (χ4v) is 3.86. The molecule has 0 saturated carbocycles. The molecule has 1 atom stereocenters. The minimum atomic E-state index is -0.493. The number of anilines is 1. The highest BCUT2D eigenvalue weighted by Crippen LogP contribution is 2.32. The highest BCUT2D eigenvalue weighted by molar-refractivity contribution is 9.10. The summed E-state index contributed by atoms with van der Waals surface area (Å²) < 4.78 is 6.19. The number of esters is 1. The molecule has 3 aromatic rings. The lowest BCUT2D eigenvalue weighted by Crippen LogP contribution is -2.24. The third-order valence-electron chi connectivity index (χ3n) is 5.04. The number of fused-ring (bicyclic) bond motifs is 2. The van der Waals surface area contributed by atoms with E-state index in [4.69, 9.17) is 9.72 Å². The van der Waals surface area contributed by atoms with Crippen LogP contribution in [0.15, 0.2) is 47.1 Å². The van der Waals surface area contributed by atoms with Crippen molar-refractivity contribution in [1.29, 1.82) is 0 Å². The molecule has 0 bridgehead atoms. The Morgan fingerprint density at radius 2 is 2.07 bits per heavy atom. The van der Waals surface area contributed by atoms with Crippen molar-refractivity contribution in [2.45, 2.75) is 26.2 Å². The summed E-state index contributed by atoms with van der Waals surface area (Å²) in [4.78, 5) is 34.0. The van der Waals surface area contributed by atoms with Gasteiger partial charge in [-0.3, -0.25) is 9.78 Å². The molecule has 0 saturated heterocycles. The molecule has 148 valence electrons. The number of hydrogen-bond acceptors (Lipinski definition) is 5. The number of nitrogens with one attached hydrogen (secondary N) is 1. The van der Waals surface area contributed by atoms with Crippen molar-refractivity contribution in [3.05, 3.63) is 63.9 Å². The number of hydrogen-bond donors (Lipinski definition) is 1. The van der Waals surface area contributed by atoms with E-state index in [1.165, 1.54) is 0 Å². The molecule has 1 unspecified atom stereocenters. The van der Waals surface area contributed by atoms with E-state index in [1.807, 2.05) is 24.3 Å². The number of halogens is 1. The molecule has 0 radical (unpaired) electrons. The van der Waals surface area contributed by atoms with Gasteiger partial charge in [0.2, 0.25) is 0 Å². The van der Waals surface area contributed by atoms with Crippen LogP contribution < -0.4 is 5.32 Å². The molecule has 1 amide bonds. The van der Waals surface area contributed by atoms with Crippen LogP contribution in [0.3, 0.4) is 0 Å². The van der Waals surface area contributed by atoms with Gasteiger partial charge in [0, 0.05) is 21.7 Å². The van der Waals surface area contributed by atoms with E-state index in [1.54, 1.807) is 18.3 Å². The molecule has 1 N–H and O–H groups in total. The molecular formula is C22H20BrN3O3. The van der Waals surface area contributed by atoms with Crippen molar-refractivity contribution in [3.63, 3.8) is 0 Å². The van der Waals surface area contributed by atoms with E-state index in [-0.39, 0.29) is 6.61 Å². The first-order valence-corrected chi connectivity index (χ1v) is 10.3. The first kappa shape index (κ1) is 19.5. The number of aromatic nitrogens is 2. The van der Waals surface area contributed by atoms with Crippen molar-refractivity contribution in [2.75, 3.05) is 11.9 Å². The number of carbonyl (C=O) groups excluding carboxylic acids is 2. The molecular weight excluding hydrogens is 434 g/mol. The lowest BCUT2D eigenvalue weighted by molar-refractivity contribution is -0.119. The Labute approximate surface area is 176 Å². The van der Waals surface area contributed by atoms with Crippen LogP contribution in [-0.4, -0.2) is 28.5 Å². The molecule has 2 aromatic heterocycles. The Hall–Kier alpha value is -2.80. The average molecular weight is 454 g/mol. The van der Waals surface area contributed by atoms with Crippen molar-refractivity contribution in [3.8, 4) is 0 Å². The van der Waals surface area contributed by atoms with Crippen LogP contribution in [0.1, 0.15) is 35.0 Å². The molecule has 1 aromatic carbocycles. The number of carbonyl (C=O) groups is 2. The third-order valence-corrected chi connectivity index (χ3v) is 5.51. The van der Waals surface area contributed by atoms with Gasteiger partial charge in [0.25, 0.3) is 5.91 Å². The molecule has 4 rings (SSSR count). The number of amides is 1. The third kappa shape index (κ3) is 4.29. The maximum Gasteiger partial charge on any atom is 0.339 e. The lowest BCUT2D eigenvalue weighted by atomic mass is 9.84. The van der Waals surface area contributed by atoms with Crippen molar-refractivity contribution in [1.82, 2.24) is 9.97 Å². The van der Waals surface area contributed by atoms with Gasteiger partial charge >= 0.3 is 5.97 Å². The lowest BCUT2D eigenvalue weighted by Gasteiger charge is -2.24. The summed E-state index contributed by atoms with van der Waals surface area (Å²) in [6.45, 7) is 1.80. The molecule has 6 nitrogen and oxygen atoms in total. The zero-order valence-corrected chi connectivity index (χ0v) is 17.5. The summed E-state index contributed by atoms with van der Waals surface area (Å²) in [5.74, 6) is -0.0553. The predicted molar refractivity (Wildman–Crippen MR) is 114 cm³/mol. The molecule has 1 aliphatic rings. The largest absolute Gasteiger partial charge is 0.452 e. The minimum Gasteiger partial charge on any atom is -0.452 e. The molecule has 2 heterocycles. The number of rotatable bonds is 4. The normalized spacial score (nSPS) is 15.6. The van der Waals surface area contributed by atoms with E-state index < -0.39 is 11.9 Å². The van der Waals surface area contributed by atoms with Crippen molar-refractivity contribution >= 4 is 44.5 Å². The average Bonchev–Trinajstić information content (AvgIpc) is 2.72. The number of benzene rings is 1. The Morgan fingerprint density at radius 1 is 1.24 bits per heavy atom. The summed E-state index contributed by atoms with van der Waals surface area (Å²) in [6.07, 6.45) is 4.26. The van der Waals surface area contributed by atoms with E-state index in [9.17, 15) is 9.59 Å². The number of nitrogens with zero attached hydrogens (tertiary/aromatic N) is 2. The SMILES string of the molecule is CC1CCc2nc3ccccc3c(C(=O)OCC(=O)Nc3ccc(Br)cn3)c2C1. The zero-order chi connectivity index (χ0) is 20.4. The van der Waals surface area contributed by atoms with Gasteiger partial charge in [0.05, 0.1) is 11.1 Å². The molecule has 1 aliphatic carbocycles. The molecule has 0 aliphatic heterocycles. The monoisotopic (exact) mass is 453 g/mol.